The summed E-state index contributed by atoms with van der Waals surface area (Å²) in [4.78, 5) is 43.9. The molecule has 10 rings (SSSR count). The number of benzene rings is 2. The first-order chi connectivity index (χ1) is 43.1. The van der Waals surface area contributed by atoms with Gasteiger partial charge in [0.1, 0.15) is 13.5 Å². The maximum absolute atomic E-state index is 13.8. The van der Waals surface area contributed by atoms with Crippen LogP contribution in [0, 0.1) is 0 Å². The molecule has 2 saturated carbocycles. The third kappa shape index (κ3) is 21.0. The molecule has 2 aliphatic heterocycles. The molecule has 500 valence electrons. The first kappa shape index (κ1) is 71.8. The van der Waals surface area contributed by atoms with Gasteiger partial charge in [-0.2, -0.15) is 8.61 Å². The van der Waals surface area contributed by atoms with E-state index in [1.54, 1.807) is 64.2 Å². The normalized spacial score (nSPS) is 19.1. The molecule has 2 saturated heterocycles. The number of anilines is 3. The van der Waals surface area contributed by atoms with Crippen LogP contribution in [0.2, 0.25) is 51.4 Å². The Hall–Kier alpha value is -5.09. The van der Waals surface area contributed by atoms with Crippen molar-refractivity contribution < 1.29 is 45.4 Å². The Morgan fingerprint density at radius 1 is 0.626 bits per heavy atom. The van der Waals surface area contributed by atoms with Gasteiger partial charge >= 0.3 is 12.2 Å². The standard InChI is InChI=1S/C31H46N6O5S2Si.C22H28BrN3O4S2.C9H19N3OSi/c1-22(2)42-31(38)35-24-9-7-23(8-10-24)29-33-20-27(43-29)26-12-11-25(19-28(26)44(39,40)37-14-6-15-37)34-30-32-13-16-36(30)21-41-17-18-45(3,4)5;1-14(2)30-22(27)25-17-7-4-15(5-8-17)21-24-13-19(31-21)18-9-6-16(23)12-20(18)32(28,29)26-10-3-11-26;1-14(2,3)7-6-13-8-12-5-4-11-9(12)10/h11-13,16,19-20,22-24H,6-10,14-15,17-18,21H2,1-5H3,(H,32,34)(H,35,38);6,9,12-15,17H,3-5,7-8,10-11H2,1-2H3,(H,25,27);4-5H,6-8H2,1-3H3,(H2,10,11). The van der Waals surface area contributed by atoms with E-state index in [0.29, 0.717) is 85.8 Å². The third-order valence-corrected chi connectivity index (χ3v) is 26.2. The fraction of sp³-hybridized carbons (Fsp3) is 0.581. The summed E-state index contributed by atoms with van der Waals surface area (Å²) in [6.45, 7) is 25.9. The molecule has 2 amide bonds. The summed E-state index contributed by atoms with van der Waals surface area (Å²) in [6, 6.07) is 13.4. The van der Waals surface area contributed by atoms with E-state index in [-0.39, 0.29) is 47.3 Å². The second-order valence-corrected chi connectivity index (χ2v) is 44.7. The number of thiazole rings is 2. The largest absolute Gasteiger partial charge is 0.447 e. The smallest absolute Gasteiger partial charge is 0.407 e. The predicted octanol–water partition coefficient (Wildman–Crippen LogP) is 13.5. The van der Waals surface area contributed by atoms with Gasteiger partial charge in [-0.25, -0.2) is 46.4 Å². The Kier molecular flexibility index (Phi) is 25.5. The molecule has 2 aliphatic carbocycles. The van der Waals surface area contributed by atoms with Crippen molar-refractivity contribution in [2.45, 2.75) is 203 Å². The molecule has 0 unspecified atom stereocenters. The molecule has 4 aromatic heterocycles. The number of aromatic nitrogens is 6. The van der Waals surface area contributed by atoms with Gasteiger partial charge in [-0.05, 0) is 128 Å². The van der Waals surface area contributed by atoms with Crippen molar-refractivity contribution in [3.05, 3.63) is 88.1 Å². The first-order valence-corrected chi connectivity index (χ1v) is 44.3. The van der Waals surface area contributed by atoms with Crippen LogP contribution in [0.15, 0.2) is 87.8 Å². The number of halogens is 1. The van der Waals surface area contributed by atoms with Crippen LogP contribution in [-0.2, 0) is 52.5 Å². The van der Waals surface area contributed by atoms with Crippen LogP contribution in [0.3, 0.4) is 0 Å². The summed E-state index contributed by atoms with van der Waals surface area (Å²) in [5.74, 6) is 1.69. The number of ether oxygens (including phenoxy) is 4. The Bertz CT molecular complexity index is 3570. The molecule has 0 atom stereocenters. The Labute approximate surface area is 556 Å². The van der Waals surface area contributed by atoms with Crippen molar-refractivity contribution >= 4 is 105 Å². The number of sulfonamides is 2. The van der Waals surface area contributed by atoms with Gasteiger partial charge in [0.15, 0.2) is 0 Å². The number of alkyl carbamates (subject to hydrolysis) is 2. The highest BCUT2D eigenvalue weighted by atomic mass is 79.9. The highest BCUT2D eigenvalue weighted by Crippen LogP contribution is 2.43. The summed E-state index contributed by atoms with van der Waals surface area (Å²) in [5, 5.41) is 11.3. The lowest BCUT2D eigenvalue weighted by Crippen LogP contribution is -2.42. The van der Waals surface area contributed by atoms with E-state index in [1.165, 1.54) is 14.7 Å². The van der Waals surface area contributed by atoms with Crippen molar-refractivity contribution in [1.82, 2.24) is 48.3 Å². The van der Waals surface area contributed by atoms with Gasteiger partial charge in [-0.3, -0.25) is 9.13 Å². The Morgan fingerprint density at radius 2 is 1.07 bits per heavy atom. The number of amides is 2. The molecule has 29 heteroatoms. The van der Waals surface area contributed by atoms with Crippen molar-refractivity contribution in [3.8, 4) is 20.9 Å². The average molecular weight is 1430 g/mol. The number of nitrogens with one attached hydrogen (secondary N) is 3. The monoisotopic (exact) mass is 1430 g/mol. The maximum atomic E-state index is 13.8. The molecule has 22 nitrogen and oxygen atoms in total. The number of rotatable bonds is 24. The number of carbonyl (C=O) groups is 2. The molecule has 91 heavy (non-hydrogen) atoms. The fourth-order valence-corrected chi connectivity index (χ4v) is 18.4. The lowest BCUT2D eigenvalue weighted by atomic mass is 9.86. The van der Waals surface area contributed by atoms with Gasteiger partial charge in [0.2, 0.25) is 31.9 Å². The van der Waals surface area contributed by atoms with E-state index in [4.69, 9.17) is 29.7 Å². The second-order valence-electron chi connectivity index (χ2n) is 26.6. The molecule has 2 aromatic carbocycles. The number of imidazole rings is 2. The minimum Gasteiger partial charge on any atom is -0.447 e. The minimum atomic E-state index is -3.70. The maximum Gasteiger partial charge on any atom is 0.407 e. The Morgan fingerprint density at radius 3 is 1.49 bits per heavy atom. The molecule has 4 fully saturated rings. The Balaban J connectivity index is 0.000000200. The van der Waals surface area contributed by atoms with E-state index < -0.39 is 36.2 Å². The van der Waals surface area contributed by atoms with E-state index in [9.17, 15) is 26.4 Å². The predicted molar refractivity (Wildman–Crippen MR) is 369 cm³/mol. The van der Waals surface area contributed by atoms with E-state index >= 15 is 0 Å². The summed E-state index contributed by atoms with van der Waals surface area (Å²) >= 11 is 6.54. The summed E-state index contributed by atoms with van der Waals surface area (Å²) < 4.78 is 83.1. The van der Waals surface area contributed by atoms with Gasteiger partial charge in [-0.1, -0.05) is 67.3 Å². The summed E-state index contributed by atoms with van der Waals surface area (Å²) in [6.07, 6.45) is 18.5. The van der Waals surface area contributed by atoms with Crippen LogP contribution in [0.5, 0.6) is 0 Å². The van der Waals surface area contributed by atoms with Crippen molar-refractivity contribution in [1.29, 1.82) is 0 Å². The molecule has 6 heterocycles. The first-order valence-electron chi connectivity index (χ1n) is 31.6. The van der Waals surface area contributed by atoms with Crippen LogP contribution in [0.25, 0.3) is 20.9 Å². The van der Waals surface area contributed by atoms with Crippen LogP contribution in [0.4, 0.5) is 27.2 Å². The minimum absolute atomic E-state index is 0.0903. The van der Waals surface area contributed by atoms with Crippen LogP contribution < -0.4 is 21.7 Å². The number of hydrogen-bond donors (Lipinski definition) is 4. The van der Waals surface area contributed by atoms with E-state index in [0.717, 1.165) is 101 Å². The quantitative estimate of drug-likeness (QED) is 0.0324. The van der Waals surface area contributed by atoms with Crippen LogP contribution in [0.1, 0.15) is 114 Å². The molecule has 4 aliphatic rings. The zero-order chi connectivity index (χ0) is 65.7. The van der Waals surface area contributed by atoms with Crippen LogP contribution in [-0.4, -0.2) is 147 Å². The lowest BCUT2D eigenvalue weighted by Gasteiger charge is -2.30. The molecule has 0 bridgehead atoms. The summed E-state index contributed by atoms with van der Waals surface area (Å²) in [7, 11) is -9.37. The molecule has 0 radical (unpaired) electrons. The van der Waals surface area contributed by atoms with Gasteiger partial charge in [0, 0.05) is 138 Å². The van der Waals surface area contributed by atoms with Crippen molar-refractivity contribution in [3.63, 3.8) is 0 Å². The third-order valence-electron chi connectivity index (χ3n) is 16.0. The number of hydrogen-bond acceptors (Lipinski definition) is 18. The van der Waals surface area contributed by atoms with Gasteiger partial charge < -0.3 is 40.6 Å². The zero-order valence-corrected chi connectivity index (χ0v) is 61.1. The number of nitrogens with two attached hydrogens (primary N) is 1. The van der Waals surface area contributed by atoms with Crippen LogP contribution >= 0.6 is 38.6 Å². The zero-order valence-electron chi connectivity index (χ0n) is 54.3. The molecular formula is C62H93BrN12O10S4Si2. The van der Waals surface area contributed by atoms with Crippen molar-refractivity contribution in [2.75, 3.05) is 50.4 Å². The molecule has 0 spiro atoms. The van der Waals surface area contributed by atoms with Crippen molar-refractivity contribution in [2.24, 2.45) is 0 Å². The highest BCUT2D eigenvalue weighted by Gasteiger charge is 2.35. The number of carbonyl (C=O) groups excluding carboxylic acids is 2. The lowest BCUT2D eigenvalue weighted by molar-refractivity contribution is 0.0885. The van der Waals surface area contributed by atoms with E-state index in [1.807, 2.05) is 68.9 Å². The SMILES string of the molecule is CC(C)OC(=O)NC1CCC(c2ncc(-c3ccc(Br)cc3S(=O)(=O)N3CCC3)s2)CC1.CC(C)OC(=O)NC1CCC(c2ncc(-c3ccc(Nc4nccn4COCC[Si](C)(C)C)cc3S(=O)(=O)N3CCC3)s2)CC1.C[Si](C)(C)CCOCn1ccnc1N. The van der Waals surface area contributed by atoms with Gasteiger partial charge in [0.05, 0.1) is 41.8 Å². The summed E-state index contributed by atoms with van der Waals surface area (Å²) in [5.41, 5.74) is 7.59. The second kappa shape index (κ2) is 32.4. The fourth-order valence-electron chi connectivity index (χ4n) is 10.5. The molecule has 5 N–H and O–H groups in total. The average Bonchev–Trinajstić information content (AvgIpc) is 1.72. The number of nitrogens with zero attached hydrogens (tertiary/aromatic N) is 8. The highest BCUT2D eigenvalue weighted by molar-refractivity contribution is 9.10. The topological polar surface area (TPSA) is 269 Å². The molecular weight excluding hydrogens is 1340 g/mol. The molecule has 6 aromatic rings. The van der Waals surface area contributed by atoms with Gasteiger partial charge in [-0.15, -0.1) is 22.7 Å². The van der Waals surface area contributed by atoms with Gasteiger partial charge in [0.25, 0.3) is 0 Å². The number of nitrogen functional groups attached to an aromatic ring is 1. The van der Waals surface area contributed by atoms with E-state index in [2.05, 4.69) is 86.1 Å².